The fourth-order valence-corrected chi connectivity index (χ4v) is 4.65. The Labute approximate surface area is 184 Å². The van der Waals surface area contributed by atoms with Gasteiger partial charge in [-0.25, -0.2) is 0 Å². The van der Waals surface area contributed by atoms with Crippen LogP contribution in [0.3, 0.4) is 0 Å². The molecule has 1 N–H and O–H groups in total. The molecule has 3 nitrogen and oxygen atoms in total. The smallest absolute Gasteiger partial charge is 0.223 e. The van der Waals surface area contributed by atoms with Crippen LogP contribution in [0.5, 0.6) is 5.75 Å². The molecular weight excluding hydrogens is 402 g/mol. The fraction of sp³-hybridized carbons (Fsp3) is 0.542. The largest absolute Gasteiger partial charge is 0.508 e. The highest BCUT2D eigenvalue weighted by atomic mass is 35.5. The highest BCUT2D eigenvalue weighted by molar-refractivity contribution is 7.10. The number of benzene rings is 1. The lowest BCUT2D eigenvalue weighted by Crippen LogP contribution is -2.37. The molecule has 1 heterocycles. The predicted molar refractivity (Wildman–Crippen MR) is 124 cm³/mol. The molecule has 0 spiro atoms. The summed E-state index contributed by atoms with van der Waals surface area (Å²) in [7, 11) is 0. The first kappa shape index (κ1) is 23.8. The number of phenols is 1. The Bertz CT molecular complexity index is 845. The van der Waals surface area contributed by atoms with Crippen LogP contribution in [0.1, 0.15) is 76.8 Å². The van der Waals surface area contributed by atoms with E-state index in [2.05, 4.69) is 53.0 Å². The fourth-order valence-electron chi connectivity index (χ4n) is 3.29. The maximum absolute atomic E-state index is 13.2. The van der Waals surface area contributed by atoms with E-state index in [0.717, 1.165) is 5.56 Å². The molecule has 29 heavy (non-hydrogen) atoms. The molecule has 1 aromatic heterocycles. The van der Waals surface area contributed by atoms with E-state index in [1.165, 1.54) is 16.5 Å². The summed E-state index contributed by atoms with van der Waals surface area (Å²) in [6.45, 7) is 16.4. The molecule has 1 amide bonds. The minimum absolute atomic E-state index is 0.0119. The van der Waals surface area contributed by atoms with Crippen molar-refractivity contribution in [3.8, 4) is 5.75 Å². The van der Waals surface area contributed by atoms with E-state index < -0.39 is 0 Å². The summed E-state index contributed by atoms with van der Waals surface area (Å²) in [6.07, 6.45) is 0.386. The van der Waals surface area contributed by atoms with Gasteiger partial charge >= 0.3 is 0 Å². The topological polar surface area (TPSA) is 40.5 Å². The standard InChI is InChI=1S/C24H34ClNO2S/c1-16(19-9-8-18(27)12-20(19)25)10-22(28)26(15-23(2,3)4)13-17-11-21(29-14-17)24(5,6)7/h8-9,11-12,14,16,27H,10,13,15H2,1-7H3. The molecule has 0 bridgehead atoms. The quantitative estimate of drug-likeness (QED) is 0.531. The highest BCUT2D eigenvalue weighted by Crippen LogP contribution is 2.32. The molecule has 0 aliphatic carbocycles. The van der Waals surface area contributed by atoms with Crippen LogP contribution in [0, 0.1) is 5.41 Å². The first-order chi connectivity index (χ1) is 13.3. The van der Waals surface area contributed by atoms with Crippen molar-refractivity contribution in [2.45, 2.75) is 72.8 Å². The summed E-state index contributed by atoms with van der Waals surface area (Å²) in [5.41, 5.74) is 2.20. The molecule has 2 rings (SSSR count). The van der Waals surface area contributed by atoms with E-state index >= 15 is 0 Å². The second-order valence-corrected chi connectivity index (χ2v) is 11.5. The van der Waals surface area contributed by atoms with Crippen LogP contribution >= 0.6 is 22.9 Å². The summed E-state index contributed by atoms with van der Waals surface area (Å²) in [6, 6.07) is 7.19. The Kier molecular flexibility index (Phi) is 7.45. The normalized spacial score (nSPS) is 13.4. The number of halogens is 1. The lowest BCUT2D eigenvalue weighted by molar-refractivity contribution is -0.133. The average Bonchev–Trinajstić information content (AvgIpc) is 3.01. The summed E-state index contributed by atoms with van der Waals surface area (Å²) >= 11 is 8.05. The first-order valence-electron chi connectivity index (χ1n) is 10.1. The molecule has 0 saturated heterocycles. The molecule has 0 fully saturated rings. The van der Waals surface area contributed by atoms with Gasteiger partial charge in [0.1, 0.15) is 5.75 Å². The van der Waals surface area contributed by atoms with Crippen LogP contribution in [0.15, 0.2) is 29.6 Å². The number of nitrogens with zero attached hydrogens (tertiary/aromatic N) is 1. The third kappa shape index (κ3) is 7.04. The zero-order valence-corrected chi connectivity index (χ0v) is 20.2. The SMILES string of the molecule is CC(CC(=O)N(Cc1csc(C(C)(C)C)c1)CC(C)(C)C)c1ccc(O)cc1Cl. The monoisotopic (exact) mass is 435 g/mol. The van der Waals surface area contributed by atoms with E-state index in [9.17, 15) is 9.90 Å². The van der Waals surface area contributed by atoms with Gasteiger partial charge in [0.05, 0.1) is 0 Å². The summed E-state index contributed by atoms with van der Waals surface area (Å²) in [5, 5.41) is 12.3. The minimum Gasteiger partial charge on any atom is -0.508 e. The van der Waals surface area contributed by atoms with E-state index in [0.29, 0.717) is 24.5 Å². The van der Waals surface area contributed by atoms with E-state index in [-0.39, 0.29) is 28.4 Å². The lowest BCUT2D eigenvalue weighted by atomic mass is 9.93. The van der Waals surface area contributed by atoms with Crippen LogP contribution < -0.4 is 0 Å². The van der Waals surface area contributed by atoms with Crippen molar-refractivity contribution in [3.05, 3.63) is 50.7 Å². The number of thiophene rings is 1. The van der Waals surface area contributed by atoms with Gasteiger partial charge in [-0.2, -0.15) is 0 Å². The average molecular weight is 436 g/mol. The number of hydrogen-bond donors (Lipinski definition) is 1. The molecular formula is C24H34ClNO2S. The maximum atomic E-state index is 13.2. The second-order valence-electron chi connectivity index (χ2n) is 10.2. The van der Waals surface area contributed by atoms with E-state index in [1.807, 2.05) is 11.8 Å². The van der Waals surface area contributed by atoms with Crippen LogP contribution in [0.4, 0.5) is 0 Å². The van der Waals surface area contributed by atoms with Crippen molar-refractivity contribution in [2.75, 3.05) is 6.54 Å². The van der Waals surface area contributed by atoms with Crippen molar-refractivity contribution in [1.82, 2.24) is 4.90 Å². The number of carbonyl (C=O) groups excluding carboxylic acids is 1. The zero-order chi connectivity index (χ0) is 22.0. The second kappa shape index (κ2) is 9.09. The molecule has 0 aliphatic heterocycles. The summed E-state index contributed by atoms with van der Waals surface area (Å²) in [5.74, 6) is 0.240. The molecule has 1 unspecified atom stereocenters. The number of aromatic hydroxyl groups is 1. The van der Waals surface area contributed by atoms with Gasteiger partial charge in [0.2, 0.25) is 5.91 Å². The molecule has 2 aromatic rings. The van der Waals surface area contributed by atoms with Gasteiger partial charge in [-0.3, -0.25) is 4.79 Å². The highest BCUT2D eigenvalue weighted by Gasteiger charge is 2.25. The Morgan fingerprint density at radius 2 is 1.83 bits per heavy atom. The van der Waals surface area contributed by atoms with Crippen LogP contribution in [0.25, 0.3) is 0 Å². The Balaban J connectivity index is 2.18. The van der Waals surface area contributed by atoms with Crippen molar-refractivity contribution < 1.29 is 9.90 Å². The van der Waals surface area contributed by atoms with E-state index in [4.69, 9.17) is 11.6 Å². The van der Waals surface area contributed by atoms with Gasteiger partial charge in [0.15, 0.2) is 0 Å². The predicted octanol–water partition coefficient (Wildman–Crippen LogP) is 6.97. The van der Waals surface area contributed by atoms with Crippen molar-refractivity contribution in [1.29, 1.82) is 0 Å². The third-order valence-electron chi connectivity index (χ3n) is 4.78. The van der Waals surface area contributed by atoms with Crippen LogP contribution in [0.2, 0.25) is 5.02 Å². The van der Waals surface area contributed by atoms with Gasteiger partial charge in [0.25, 0.3) is 0 Å². The molecule has 0 saturated carbocycles. The number of hydrogen-bond acceptors (Lipinski definition) is 3. The Hall–Kier alpha value is -1.52. The molecule has 5 heteroatoms. The summed E-state index contributed by atoms with van der Waals surface area (Å²) < 4.78 is 0. The van der Waals surface area contributed by atoms with Gasteiger partial charge in [0, 0.05) is 29.4 Å². The minimum atomic E-state index is -0.0225. The zero-order valence-electron chi connectivity index (χ0n) is 18.7. The molecule has 160 valence electrons. The lowest BCUT2D eigenvalue weighted by Gasteiger charge is -2.31. The van der Waals surface area contributed by atoms with Gasteiger partial charge in [-0.15, -0.1) is 11.3 Å². The van der Waals surface area contributed by atoms with E-state index in [1.54, 1.807) is 23.5 Å². The molecule has 1 aromatic carbocycles. The van der Waals surface area contributed by atoms with Crippen LogP contribution in [-0.4, -0.2) is 22.5 Å². The number of carbonyl (C=O) groups is 1. The summed E-state index contributed by atoms with van der Waals surface area (Å²) in [4.78, 5) is 16.5. The number of rotatable bonds is 6. The first-order valence-corrected chi connectivity index (χ1v) is 11.4. The molecule has 1 atom stereocenters. The van der Waals surface area contributed by atoms with Crippen molar-refractivity contribution in [3.63, 3.8) is 0 Å². The van der Waals surface area contributed by atoms with Gasteiger partial charge in [-0.1, -0.05) is 66.1 Å². The number of amides is 1. The van der Waals surface area contributed by atoms with Gasteiger partial charge in [-0.05, 0) is 51.5 Å². The third-order valence-corrected chi connectivity index (χ3v) is 6.51. The molecule has 0 aliphatic rings. The maximum Gasteiger partial charge on any atom is 0.223 e. The van der Waals surface area contributed by atoms with Gasteiger partial charge < -0.3 is 10.0 Å². The van der Waals surface area contributed by atoms with Crippen molar-refractivity contribution >= 4 is 28.8 Å². The number of phenolic OH excluding ortho intramolecular Hbond substituents is 1. The Morgan fingerprint density at radius 1 is 1.17 bits per heavy atom. The van der Waals surface area contributed by atoms with Crippen LogP contribution in [-0.2, 0) is 16.8 Å². The Morgan fingerprint density at radius 3 is 2.34 bits per heavy atom. The molecule has 0 radical (unpaired) electrons. The van der Waals surface area contributed by atoms with Crippen molar-refractivity contribution in [2.24, 2.45) is 5.41 Å².